The predicted molar refractivity (Wildman–Crippen MR) is 321 cm³/mol. The summed E-state index contributed by atoms with van der Waals surface area (Å²) in [6.45, 7) is 16.3. The SMILES string of the molecule is C=C(C)C(=O)CCC(Oc1cc(/C=N/N(CCC(C)C)c2nc3cccnc3s2)c(OCC2CCC(C3CCC(OCCOC(=O)C(=C)C(F)(F)F)CC3)CC2)c2ccccc12)C1CCC(C2CCC(OCCOC(=O)C(=C)C(F)(F)F)CC2)CC1. The van der Waals surface area contributed by atoms with Crippen molar-refractivity contribution in [2.75, 3.05) is 44.6 Å². The fourth-order valence-corrected chi connectivity index (χ4v) is 13.8. The number of thiazole rings is 1. The number of fused-ring (bicyclic) bond motifs is 2. The molecule has 2 aromatic heterocycles. The molecule has 0 bridgehead atoms. The molecule has 86 heavy (non-hydrogen) atoms. The monoisotopic (exact) mass is 1220 g/mol. The molecule has 4 aliphatic rings. The van der Waals surface area contributed by atoms with Crippen LogP contribution in [0, 0.1) is 41.4 Å². The van der Waals surface area contributed by atoms with Gasteiger partial charge in [-0.15, -0.1) is 0 Å². The number of benzene rings is 2. The molecule has 1 unspecified atom stereocenters. The molecular formula is C66H84F6N4O9S. The first kappa shape index (κ1) is 66.1. The third kappa shape index (κ3) is 18.6. The Labute approximate surface area is 505 Å². The minimum Gasteiger partial charge on any atom is -0.492 e. The third-order valence-corrected chi connectivity index (χ3v) is 19.0. The van der Waals surface area contributed by atoms with Crippen molar-refractivity contribution in [2.24, 2.45) is 46.5 Å². The average Bonchev–Trinajstić information content (AvgIpc) is 1.55. The number of hydrogen-bond donors (Lipinski definition) is 0. The van der Waals surface area contributed by atoms with Crippen molar-refractivity contribution in [1.82, 2.24) is 9.97 Å². The molecule has 0 aliphatic heterocycles. The second-order valence-electron chi connectivity index (χ2n) is 24.4. The summed E-state index contributed by atoms with van der Waals surface area (Å²) in [5.74, 6) is 1.54. The Bertz CT molecular complexity index is 2940. The molecule has 0 radical (unpaired) electrons. The van der Waals surface area contributed by atoms with Crippen molar-refractivity contribution in [3.63, 3.8) is 0 Å². The van der Waals surface area contributed by atoms with Crippen LogP contribution in [0.4, 0.5) is 31.5 Å². The molecule has 4 aliphatic carbocycles. The summed E-state index contributed by atoms with van der Waals surface area (Å²) in [6, 6.07) is 14.1. The number of alkyl halides is 6. The van der Waals surface area contributed by atoms with Crippen LogP contribution in [0.3, 0.4) is 0 Å². The highest BCUT2D eigenvalue weighted by molar-refractivity contribution is 7.21. The number of rotatable bonds is 28. The molecule has 4 fully saturated rings. The van der Waals surface area contributed by atoms with Crippen molar-refractivity contribution in [3.05, 3.63) is 90.7 Å². The van der Waals surface area contributed by atoms with Crippen LogP contribution in [0.1, 0.15) is 148 Å². The average molecular weight is 1220 g/mol. The lowest BCUT2D eigenvalue weighted by molar-refractivity contribution is -0.154. The number of halogens is 6. The maximum absolute atomic E-state index is 13.3. The molecule has 4 aromatic rings. The summed E-state index contributed by atoms with van der Waals surface area (Å²) < 4.78 is 113. The van der Waals surface area contributed by atoms with E-state index in [1.54, 1.807) is 13.1 Å². The van der Waals surface area contributed by atoms with Crippen LogP contribution in [0.2, 0.25) is 0 Å². The Morgan fingerprint density at radius 1 is 0.709 bits per heavy atom. The predicted octanol–water partition coefficient (Wildman–Crippen LogP) is 15.9. The Kier molecular flexibility index (Phi) is 23.7. The van der Waals surface area contributed by atoms with Gasteiger partial charge in [0.2, 0.25) is 5.13 Å². The molecule has 13 nitrogen and oxygen atoms in total. The maximum Gasteiger partial charge on any atom is 0.422 e. The normalized spacial score (nSPS) is 23.5. The number of pyridine rings is 1. The minimum absolute atomic E-state index is 0.00989. The second kappa shape index (κ2) is 30.9. The fourth-order valence-electron chi connectivity index (χ4n) is 12.9. The molecule has 0 saturated heterocycles. The zero-order valence-electron chi connectivity index (χ0n) is 49.9. The molecule has 0 N–H and O–H groups in total. The van der Waals surface area contributed by atoms with E-state index in [1.165, 1.54) is 11.3 Å². The number of hydrazone groups is 1. The van der Waals surface area contributed by atoms with Crippen LogP contribution >= 0.6 is 11.3 Å². The molecule has 2 heterocycles. The van der Waals surface area contributed by atoms with Gasteiger partial charge in [0, 0.05) is 35.5 Å². The summed E-state index contributed by atoms with van der Waals surface area (Å²) in [5.41, 5.74) is -0.981. The number of anilines is 1. The topological polar surface area (TPSA) is 148 Å². The number of hydrogen-bond acceptors (Lipinski definition) is 14. The van der Waals surface area contributed by atoms with Crippen LogP contribution in [0.5, 0.6) is 11.5 Å². The molecule has 470 valence electrons. The molecule has 0 spiro atoms. The molecule has 4 saturated carbocycles. The maximum atomic E-state index is 13.3. The quantitative estimate of drug-likeness (QED) is 0.0133. The number of carbonyl (C=O) groups is 3. The molecular weight excluding hydrogens is 1140 g/mol. The summed E-state index contributed by atoms with van der Waals surface area (Å²) in [5, 5.41) is 9.69. The van der Waals surface area contributed by atoms with E-state index in [0.717, 1.165) is 147 Å². The first-order valence-electron chi connectivity index (χ1n) is 30.8. The number of esters is 2. The van der Waals surface area contributed by atoms with Crippen LogP contribution in [-0.2, 0) is 33.3 Å². The number of nitrogens with zero attached hydrogens (tertiary/aromatic N) is 4. The van der Waals surface area contributed by atoms with Crippen molar-refractivity contribution < 1.29 is 69.1 Å². The van der Waals surface area contributed by atoms with Gasteiger partial charge in [-0.05, 0) is 188 Å². The summed E-state index contributed by atoms with van der Waals surface area (Å²) in [6.07, 6.45) is 10.7. The zero-order chi connectivity index (χ0) is 61.5. The van der Waals surface area contributed by atoms with Crippen LogP contribution < -0.4 is 14.5 Å². The lowest BCUT2D eigenvalue weighted by Crippen LogP contribution is -2.34. The van der Waals surface area contributed by atoms with Gasteiger partial charge in [-0.2, -0.15) is 31.4 Å². The largest absolute Gasteiger partial charge is 0.492 e. The highest BCUT2D eigenvalue weighted by Gasteiger charge is 2.40. The highest BCUT2D eigenvalue weighted by atomic mass is 32.1. The van der Waals surface area contributed by atoms with Gasteiger partial charge in [0.1, 0.15) is 52.3 Å². The minimum atomic E-state index is -4.84. The van der Waals surface area contributed by atoms with E-state index in [-0.39, 0.29) is 56.4 Å². The summed E-state index contributed by atoms with van der Waals surface area (Å²) in [7, 11) is 0. The number of ketones is 1. The third-order valence-electron chi connectivity index (χ3n) is 18.0. The van der Waals surface area contributed by atoms with Crippen molar-refractivity contribution in [3.8, 4) is 11.5 Å². The van der Waals surface area contributed by atoms with Gasteiger partial charge < -0.3 is 28.4 Å². The van der Waals surface area contributed by atoms with E-state index in [4.69, 9.17) is 38.5 Å². The Balaban J connectivity index is 0.945. The van der Waals surface area contributed by atoms with Gasteiger partial charge in [-0.1, -0.05) is 69.2 Å². The van der Waals surface area contributed by atoms with Crippen molar-refractivity contribution in [2.45, 2.75) is 173 Å². The van der Waals surface area contributed by atoms with Crippen molar-refractivity contribution in [1.29, 1.82) is 0 Å². The first-order valence-corrected chi connectivity index (χ1v) is 31.6. The summed E-state index contributed by atoms with van der Waals surface area (Å²) >= 11 is 1.50. The molecule has 2 aromatic carbocycles. The van der Waals surface area contributed by atoms with Gasteiger partial charge >= 0.3 is 24.3 Å². The van der Waals surface area contributed by atoms with Gasteiger partial charge in [0.05, 0.1) is 38.2 Å². The number of aromatic nitrogens is 2. The second-order valence-corrected chi connectivity index (χ2v) is 25.4. The van der Waals surface area contributed by atoms with Gasteiger partial charge in [-0.25, -0.2) is 24.6 Å². The first-order chi connectivity index (χ1) is 41.1. The van der Waals surface area contributed by atoms with E-state index in [2.05, 4.69) is 56.8 Å². The summed E-state index contributed by atoms with van der Waals surface area (Å²) in [4.78, 5) is 47.0. The molecule has 0 amide bonds. The van der Waals surface area contributed by atoms with E-state index >= 15 is 0 Å². The zero-order valence-corrected chi connectivity index (χ0v) is 50.7. The van der Waals surface area contributed by atoms with E-state index in [9.17, 15) is 40.7 Å². The Morgan fingerprint density at radius 3 is 1.77 bits per heavy atom. The molecule has 20 heteroatoms. The lowest BCUT2D eigenvalue weighted by Gasteiger charge is -2.39. The fraction of sp³-hybridized carbons (Fsp3) is 0.606. The number of Topliss-reactive ketones (excluding diaryl/α,β-unsaturated/α-hetero) is 1. The lowest BCUT2D eigenvalue weighted by atomic mass is 9.69. The number of allylic oxidation sites excluding steroid dienone is 1. The van der Waals surface area contributed by atoms with Crippen LogP contribution in [-0.4, -0.2) is 104 Å². The van der Waals surface area contributed by atoms with Crippen LogP contribution in [0.15, 0.2) is 90.2 Å². The smallest absolute Gasteiger partial charge is 0.422 e. The van der Waals surface area contributed by atoms with E-state index in [0.29, 0.717) is 72.8 Å². The van der Waals surface area contributed by atoms with E-state index in [1.807, 2.05) is 35.5 Å². The van der Waals surface area contributed by atoms with Crippen molar-refractivity contribution >= 4 is 61.5 Å². The number of carbonyl (C=O) groups excluding carboxylic acids is 3. The molecule has 1 atom stereocenters. The molecule has 8 rings (SSSR count). The van der Waals surface area contributed by atoms with Crippen LogP contribution in [0.25, 0.3) is 21.1 Å². The number of ether oxygens (including phenoxy) is 6. The Hall–Kier alpha value is -5.86. The van der Waals surface area contributed by atoms with Gasteiger partial charge in [-0.3, -0.25) is 4.79 Å². The van der Waals surface area contributed by atoms with E-state index < -0.39 is 35.4 Å². The highest BCUT2D eigenvalue weighted by Crippen LogP contribution is 2.46. The standard InChI is InChI=1S/C66H84F6N4O9S/c1-41(2)31-33-76(64-75-56-12-9-32-73-61(56)86-64)74-39-51-38-59(85-58(30-29-57(77)42(3)4)50-19-17-47(18-20-50)49-23-27-53(28-24-49)81-35-37-83-63(79)44(6)66(70,71)72)54-10-7-8-11-55(54)60(51)84-40-45-13-15-46(16-14-45)48-21-25-52(26-22-48)80-34-36-82-62(78)43(5)65(67,68)69/h7-12,32,38-39,41,45-50,52-53,58H,3,5-6,13-31,33-37,40H2,1-2,4H3/b74-39+. The van der Waals surface area contributed by atoms with Gasteiger partial charge in [0.25, 0.3) is 0 Å². The van der Waals surface area contributed by atoms with Gasteiger partial charge in [0.15, 0.2) is 5.78 Å². The Morgan fingerprint density at radius 2 is 1.24 bits per heavy atom.